The van der Waals surface area contributed by atoms with Crippen LogP contribution in [-0.4, -0.2) is 55.0 Å². The van der Waals surface area contributed by atoms with Gasteiger partial charge < -0.3 is 21.3 Å². The molecule has 0 bridgehead atoms. The number of rotatable bonds is 10. The fraction of sp³-hybridized carbons (Fsp3) is 0.650. The van der Waals surface area contributed by atoms with Crippen molar-refractivity contribution in [2.24, 2.45) is 16.6 Å². The summed E-state index contributed by atoms with van der Waals surface area (Å²) in [5.41, 5.74) is 6.55. The zero-order valence-electron chi connectivity index (χ0n) is 17.5. The van der Waals surface area contributed by atoms with Crippen LogP contribution < -0.4 is 21.3 Å². The quantitative estimate of drug-likeness (QED) is 0.185. The van der Waals surface area contributed by atoms with Gasteiger partial charge in [0.05, 0.1) is 6.54 Å². The van der Waals surface area contributed by atoms with E-state index in [1.165, 1.54) is 12.2 Å². The lowest BCUT2D eigenvalue weighted by atomic mass is 9.96. The molecule has 1 saturated heterocycles. The number of primary amides is 1. The van der Waals surface area contributed by atoms with Crippen molar-refractivity contribution >= 4 is 53.4 Å². The largest absolute Gasteiger partial charge is 0.369 e. The van der Waals surface area contributed by atoms with Crippen LogP contribution in [-0.2, 0) is 11.3 Å². The Kier molecular flexibility index (Phi) is 13.1. The third-order valence-electron chi connectivity index (χ3n) is 4.88. The number of anilines is 1. The van der Waals surface area contributed by atoms with E-state index in [9.17, 15) is 4.79 Å². The Balaban J connectivity index is 0.00000420. The van der Waals surface area contributed by atoms with Gasteiger partial charge >= 0.3 is 0 Å². The molecule has 1 aromatic heterocycles. The predicted molar refractivity (Wildman–Crippen MR) is 134 cm³/mol. The van der Waals surface area contributed by atoms with Crippen molar-refractivity contribution in [3.63, 3.8) is 0 Å². The smallest absolute Gasteiger partial charge is 0.220 e. The topological polar surface area (TPSA) is 95.6 Å². The predicted octanol–water partition coefficient (Wildman–Crippen LogP) is 2.60. The summed E-state index contributed by atoms with van der Waals surface area (Å²) in [7, 11) is 0. The third-order valence-corrected chi connectivity index (χ3v) is 5.58. The van der Waals surface area contributed by atoms with Crippen molar-refractivity contribution in [1.82, 2.24) is 15.6 Å². The normalized spacial score (nSPS) is 15.0. The first-order chi connectivity index (χ1) is 13.7. The van der Waals surface area contributed by atoms with Gasteiger partial charge in [0.1, 0.15) is 5.82 Å². The Hall–Kier alpha value is -1.23. The number of amides is 1. The molecule has 4 N–H and O–H groups in total. The highest BCUT2D eigenvalue weighted by atomic mass is 127. The fourth-order valence-electron chi connectivity index (χ4n) is 3.30. The van der Waals surface area contributed by atoms with Crippen LogP contribution in [0.25, 0.3) is 0 Å². The molecule has 0 atom stereocenters. The minimum atomic E-state index is -0.190. The van der Waals surface area contributed by atoms with Gasteiger partial charge in [-0.05, 0) is 50.7 Å². The van der Waals surface area contributed by atoms with Crippen LogP contribution in [0, 0.1) is 5.92 Å². The van der Waals surface area contributed by atoms with Crippen LogP contribution >= 0.6 is 35.7 Å². The summed E-state index contributed by atoms with van der Waals surface area (Å²) >= 11 is 1.88. The molecule has 0 aliphatic carbocycles. The second kappa shape index (κ2) is 14.7. The Labute approximate surface area is 196 Å². The van der Waals surface area contributed by atoms with Gasteiger partial charge in [-0.2, -0.15) is 11.8 Å². The summed E-state index contributed by atoms with van der Waals surface area (Å²) in [4.78, 5) is 23.0. The van der Waals surface area contributed by atoms with Gasteiger partial charge in [-0.15, -0.1) is 24.0 Å². The first-order valence-corrected chi connectivity index (χ1v) is 11.5. The highest BCUT2D eigenvalue weighted by molar-refractivity contribution is 14.0. The standard InChI is InChI=1S/C20H34N6OS.HI/c1-3-22-20(24-10-4-5-14-28-2)25-15-17-7-6-11-23-19(17)26-12-8-16(9-13-26)18(21)27;/h6-7,11,16H,3-5,8-10,12-15H2,1-2H3,(H2,21,27)(H2,22,24,25);1H. The molecule has 9 heteroatoms. The molecule has 164 valence electrons. The van der Waals surface area contributed by atoms with E-state index in [1.807, 2.05) is 24.0 Å². The van der Waals surface area contributed by atoms with Crippen LogP contribution in [0.2, 0.25) is 0 Å². The SMILES string of the molecule is CCNC(=NCc1cccnc1N1CCC(C(N)=O)CC1)NCCCCSC.I. The summed E-state index contributed by atoms with van der Waals surface area (Å²) in [6.45, 7) is 6.00. The summed E-state index contributed by atoms with van der Waals surface area (Å²) < 4.78 is 0. The molecule has 0 spiro atoms. The maximum atomic E-state index is 11.4. The average Bonchev–Trinajstić information content (AvgIpc) is 2.72. The lowest BCUT2D eigenvalue weighted by molar-refractivity contribution is -0.122. The van der Waals surface area contributed by atoms with Gasteiger partial charge in [0.25, 0.3) is 0 Å². The molecule has 7 nitrogen and oxygen atoms in total. The molecule has 2 heterocycles. The lowest BCUT2D eigenvalue weighted by Gasteiger charge is -2.32. The highest BCUT2D eigenvalue weighted by Gasteiger charge is 2.24. The second-order valence-corrected chi connectivity index (χ2v) is 7.96. The number of nitrogens with two attached hydrogens (primary N) is 1. The van der Waals surface area contributed by atoms with Crippen molar-refractivity contribution in [2.75, 3.05) is 43.1 Å². The summed E-state index contributed by atoms with van der Waals surface area (Å²) in [6, 6.07) is 4.03. The van der Waals surface area contributed by atoms with E-state index in [0.29, 0.717) is 6.54 Å². The molecular formula is C20H35IN6OS. The maximum Gasteiger partial charge on any atom is 0.220 e. The highest BCUT2D eigenvalue weighted by Crippen LogP contribution is 2.24. The van der Waals surface area contributed by atoms with Crippen LogP contribution in [0.4, 0.5) is 5.82 Å². The number of aliphatic imine (C=N–C) groups is 1. The van der Waals surface area contributed by atoms with Crippen molar-refractivity contribution in [1.29, 1.82) is 0 Å². The zero-order chi connectivity index (χ0) is 20.2. The molecule has 29 heavy (non-hydrogen) atoms. The van der Waals surface area contributed by atoms with E-state index in [1.54, 1.807) is 0 Å². The van der Waals surface area contributed by atoms with Gasteiger partial charge in [-0.25, -0.2) is 9.98 Å². The maximum absolute atomic E-state index is 11.4. The van der Waals surface area contributed by atoms with Gasteiger partial charge in [0.2, 0.25) is 5.91 Å². The van der Waals surface area contributed by atoms with Crippen molar-refractivity contribution in [3.05, 3.63) is 23.9 Å². The van der Waals surface area contributed by atoms with Crippen LogP contribution in [0.1, 0.15) is 38.2 Å². The number of aromatic nitrogens is 1. The van der Waals surface area contributed by atoms with Crippen molar-refractivity contribution in [3.8, 4) is 0 Å². The third kappa shape index (κ3) is 8.98. The van der Waals surface area contributed by atoms with Crippen LogP contribution in [0.15, 0.2) is 23.3 Å². The van der Waals surface area contributed by atoms with Crippen molar-refractivity contribution in [2.45, 2.75) is 39.2 Å². The number of nitrogens with zero attached hydrogens (tertiary/aromatic N) is 3. The van der Waals surface area contributed by atoms with E-state index < -0.39 is 0 Å². The van der Waals surface area contributed by atoms with E-state index >= 15 is 0 Å². The fourth-order valence-corrected chi connectivity index (χ4v) is 3.79. The van der Waals surface area contributed by atoms with E-state index in [-0.39, 0.29) is 35.8 Å². The molecule has 1 aliphatic heterocycles. The minimum absolute atomic E-state index is 0. The number of hydrogen-bond acceptors (Lipinski definition) is 5. The number of carbonyl (C=O) groups is 1. The minimum Gasteiger partial charge on any atom is -0.369 e. The number of halogens is 1. The average molecular weight is 535 g/mol. The molecule has 0 unspecified atom stereocenters. The number of nitrogens with one attached hydrogen (secondary N) is 2. The number of pyridine rings is 1. The first-order valence-electron chi connectivity index (χ1n) is 10.1. The molecule has 2 rings (SSSR count). The molecule has 0 saturated carbocycles. The van der Waals surface area contributed by atoms with E-state index in [4.69, 9.17) is 10.7 Å². The Bertz CT molecular complexity index is 637. The number of piperidine rings is 1. The number of unbranched alkanes of at least 4 members (excludes halogenated alkanes) is 1. The number of carbonyl (C=O) groups excluding carboxylic acids is 1. The number of thioether (sulfide) groups is 1. The Morgan fingerprint density at radius 1 is 1.34 bits per heavy atom. The first kappa shape index (κ1) is 25.8. The van der Waals surface area contributed by atoms with Gasteiger partial charge in [-0.3, -0.25) is 4.79 Å². The summed E-state index contributed by atoms with van der Waals surface area (Å²) in [6.07, 6.45) is 7.88. The van der Waals surface area contributed by atoms with Crippen LogP contribution in [0.3, 0.4) is 0 Å². The van der Waals surface area contributed by atoms with Crippen LogP contribution in [0.5, 0.6) is 0 Å². The molecule has 0 aromatic carbocycles. The van der Waals surface area contributed by atoms with Crippen molar-refractivity contribution < 1.29 is 4.79 Å². The molecular weight excluding hydrogens is 499 g/mol. The zero-order valence-corrected chi connectivity index (χ0v) is 20.7. The molecule has 0 radical (unpaired) electrons. The Morgan fingerprint density at radius 2 is 2.10 bits per heavy atom. The van der Waals surface area contributed by atoms with E-state index in [0.717, 1.165) is 62.8 Å². The lowest BCUT2D eigenvalue weighted by Crippen LogP contribution is -2.39. The van der Waals surface area contributed by atoms with Gasteiger partial charge in [0, 0.05) is 43.9 Å². The summed E-state index contributed by atoms with van der Waals surface area (Å²) in [5, 5.41) is 6.72. The number of hydrogen-bond donors (Lipinski definition) is 3. The molecule has 1 aromatic rings. The second-order valence-electron chi connectivity index (χ2n) is 6.97. The van der Waals surface area contributed by atoms with Gasteiger partial charge in [-0.1, -0.05) is 6.07 Å². The molecule has 1 aliphatic rings. The Morgan fingerprint density at radius 3 is 2.76 bits per heavy atom. The molecule has 1 amide bonds. The summed E-state index contributed by atoms with van der Waals surface area (Å²) in [5.74, 6) is 2.79. The molecule has 1 fully saturated rings. The van der Waals surface area contributed by atoms with E-state index in [2.05, 4.69) is 39.8 Å². The number of guanidine groups is 1. The monoisotopic (exact) mass is 534 g/mol. The van der Waals surface area contributed by atoms with Gasteiger partial charge in [0.15, 0.2) is 5.96 Å².